The summed E-state index contributed by atoms with van der Waals surface area (Å²) in [4.78, 5) is 14.4. The second-order valence-electron chi connectivity index (χ2n) is 5.10. The van der Waals surface area contributed by atoms with Crippen LogP contribution in [0.15, 0.2) is 34.7 Å². The molecule has 1 aliphatic rings. The maximum Gasteiger partial charge on any atom is 0.291 e. The van der Waals surface area contributed by atoms with Crippen LogP contribution in [0.5, 0.6) is 0 Å². The van der Waals surface area contributed by atoms with E-state index in [0.717, 1.165) is 18.8 Å². The minimum absolute atomic E-state index is 0.283. The normalized spacial score (nSPS) is 14.9. The van der Waals surface area contributed by atoms with E-state index >= 15 is 0 Å². The van der Waals surface area contributed by atoms with Gasteiger partial charge in [-0.25, -0.2) is 0 Å². The maximum absolute atomic E-state index is 12.3. The first-order chi connectivity index (χ1) is 10.6. The summed E-state index contributed by atoms with van der Waals surface area (Å²) in [6, 6.07) is 8.89. The van der Waals surface area contributed by atoms with Crippen molar-refractivity contribution in [3.63, 3.8) is 0 Å². The van der Waals surface area contributed by atoms with Crippen LogP contribution in [0.2, 0.25) is 5.02 Å². The highest BCUT2D eigenvalue weighted by atomic mass is 35.5. The second-order valence-corrected chi connectivity index (χ2v) is 5.51. The Labute approximate surface area is 133 Å². The van der Waals surface area contributed by atoms with Gasteiger partial charge >= 0.3 is 0 Å². The van der Waals surface area contributed by atoms with E-state index < -0.39 is 0 Å². The lowest BCUT2D eigenvalue weighted by atomic mass is 10.2. The fourth-order valence-electron chi connectivity index (χ4n) is 2.47. The SMILES string of the molecule is Cc1ccc(C(=O)Nc2cccc(Cl)c2N2CCOCC2)o1. The summed E-state index contributed by atoms with van der Waals surface area (Å²) in [5.74, 6) is 0.694. The number of carbonyl (C=O) groups excluding carboxylic acids is 1. The Balaban J connectivity index is 1.86. The highest BCUT2D eigenvalue weighted by Crippen LogP contribution is 2.34. The third kappa shape index (κ3) is 3.10. The predicted molar refractivity (Wildman–Crippen MR) is 85.9 cm³/mol. The molecule has 0 aliphatic carbocycles. The van der Waals surface area contributed by atoms with Crippen molar-refractivity contribution in [1.82, 2.24) is 0 Å². The number of amides is 1. The molecule has 0 radical (unpaired) electrons. The minimum Gasteiger partial charge on any atom is -0.456 e. The summed E-state index contributed by atoms with van der Waals surface area (Å²) in [5.41, 5.74) is 1.50. The Kier molecular flexibility index (Phi) is 4.36. The van der Waals surface area contributed by atoms with Gasteiger partial charge in [0.25, 0.3) is 5.91 Å². The van der Waals surface area contributed by atoms with Gasteiger partial charge in [-0.05, 0) is 31.2 Å². The van der Waals surface area contributed by atoms with Crippen LogP contribution in [0, 0.1) is 6.92 Å². The van der Waals surface area contributed by atoms with Crippen molar-refractivity contribution in [2.45, 2.75) is 6.92 Å². The fraction of sp³-hybridized carbons (Fsp3) is 0.312. The number of hydrogen-bond acceptors (Lipinski definition) is 4. The zero-order valence-corrected chi connectivity index (χ0v) is 13.0. The van der Waals surface area contributed by atoms with Crippen LogP contribution in [0.25, 0.3) is 0 Å². The van der Waals surface area contributed by atoms with Crippen molar-refractivity contribution in [3.05, 3.63) is 46.9 Å². The van der Waals surface area contributed by atoms with Crippen molar-refractivity contribution in [3.8, 4) is 0 Å². The molecule has 1 amide bonds. The van der Waals surface area contributed by atoms with Gasteiger partial charge in [0.15, 0.2) is 5.76 Å². The van der Waals surface area contributed by atoms with Gasteiger partial charge in [0.05, 0.1) is 29.6 Å². The average molecular weight is 321 g/mol. The van der Waals surface area contributed by atoms with Crippen LogP contribution in [0.1, 0.15) is 16.3 Å². The summed E-state index contributed by atoms with van der Waals surface area (Å²) in [5, 5.41) is 3.49. The number of carbonyl (C=O) groups is 1. The molecular weight excluding hydrogens is 304 g/mol. The van der Waals surface area contributed by atoms with Crippen LogP contribution in [-0.4, -0.2) is 32.2 Å². The molecule has 3 rings (SSSR count). The third-order valence-corrected chi connectivity index (χ3v) is 3.83. The Morgan fingerprint density at radius 2 is 2.00 bits per heavy atom. The van der Waals surface area contributed by atoms with E-state index in [4.69, 9.17) is 20.8 Å². The van der Waals surface area contributed by atoms with Crippen molar-refractivity contribution < 1.29 is 13.9 Å². The van der Waals surface area contributed by atoms with Gasteiger partial charge in [0.2, 0.25) is 0 Å². The lowest BCUT2D eigenvalue weighted by Crippen LogP contribution is -2.37. The molecule has 1 saturated heterocycles. The quantitative estimate of drug-likeness (QED) is 0.942. The highest BCUT2D eigenvalue weighted by molar-refractivity contribution is 6.34. The zero-order valence-electron chi connectivity index (χ0n) is 12.3. The summed E-state index contributed by atoms with van der Waals surface area (Å²) in [6.45, 7) is 4.58. The van der Waals surface area contributed by atoms with Crippen LogP contribution >= 0.6 is 11.6 Å². The molecule has 0 atom stereocenters. The van der Waals surface area contributed by atoms with Gasteiger partial charge in [-0.15, -0.1) is 0 Å². The summed E-state index contributed by atoms with van der Waals surface area (Å²) in [7, 11) is 0. The number of halogens is 1. The number of para-hydroxylation sites is 1. The zero-order chi connectivity index (χ0) is 15.5. The standard InChI is InChI=1S/C16H17ClN2O3/c1-11-5-6-14(22-11)16(20)18-13-4-2-3-12(17)15(13)19-7-9-21-10-8-19/h2-6H,7-10H2,1H3,(H,18,20). The van der Waals surface area contributed by atoms with Crippen LogP contribution in [0.3, 0.4) is 0 Å². The Morgan fingerprint density at radius 3 is 2.68 bits per heavy atom. The predicted octanol–water partition coefficient (Wildman–Crippen LogP) is 3.33. The third-order valence-electron chi connectivity index (χ3n) is 3.53. The molecule has 0 saturated carbocycles. The van der Waals surface area contributed by atoms with Crippen molar-refractivity contribution in [2.75, 3.05) is 36.5 Å². The van der Waals surface area contributed by atoms with Gasteiger partial charge in [-0.3, -0.25) is 4.79 Å². The molecule has 1 aromatic heterocycles. The molecule has 22 heavy (non-hydrogen) atoms. The number of ether oxygens (including phenoxy) is 1. The van der Waals surface area contributed by atoms with Gasteiger partial charge in [0, 0.05) is 13.1 Å². The molecule has 1 aliphatic heterocycles. The molecule has 6 heteroatoms. The number of furan rings is 1. The largest absolute Gasteiger partial charge is 0.456 e. The number of nitrogens with one attached hydrogen (secondary N) is 1. The van der Waals surface area contributed by atoms with Crippen molar-refractivity contribution in [2.24, 2.45) is 0 Å². The van der Waals surface area contributed by atoms with Crippen molar-refractivity contribution in [1.29, 1.82) is 0 Å². The first kappa shape index (κ1) is 14.9. The number of morpholine rings is 1. The van der Waals surface area contributed by atoms with Crippen LogP contribution < -0.4 is 10.2 Å². The van der Waals surface area contributed by atoms with Gasteiger partial charge in [-0.1, -0.05) is 17.7 Å². The number of nitrogens with zero attached hydrogens (tertiary/aromatic N) is 1. The first-order valence-corrected chi connectivity index (χ1v) is 7.52. The number of rotatable bonds is 3. The summed E-state index contributed by atoms with van der Waals surface area (Å²) in [6.07, 6.45) is 0. The molecule has 1 N–H and O–H groups in total. The summed E-state index contributed by atoms with van der Waals surface area (Å²) < 4.78 is 10.7. The average Bonchev–Trinajstić information content (AvgIpc) is 2.95. The molecule has 2 aromatic rings. The van der Waals surface area contributed by atoms with Crippen LogP contribution in [-0.2, 0) is 4.74 Å². The van der Waals surface area contributed by atoms with Crippen molar-refractivity contribution >= 4 is 28.9 Å². The molecule has 1 fully saturated rings. The first-order valence-electron chi connectivity index (χ1n) is 7.14. The Bertz CT molecular complexity index is 678. The molecule has 116 valence electrons. The van der Waals surface area contributed by atoms with E-state index in [9.17, 15) is 4.79 Å². The van der Waals surface area contributed by atoms with Gasteiger partial charge < -0.3 is 19.4 Å². The van der Waals surface area contributed by atoms with E-state index in [-0.39, 0.29) is 11.7 Å². The molecule has 0 bridgehead atoms. The summed E-state index contributed by atoms with van der Waals surface area (Å²) >= 11 is 6.34. The number of benzene rings is 1. The highest BCUT2D eigenvalue weighted by Gasteiger charge is 2.20. The second kappa shape index (κ2) is 6.42. The lowest BCUT2D eigenvalue weighted by Gasteiger charge is -2.31. The number of aryl methyl sites for hydroxylation is 1. The van der Waals surface area contributed by atoms with Gasteiger partial charge in [-0.2, -0.15) is 0 Å². The minimum atomic E-state index is -0.287. The monoisotopic (exact) mass is 320 g/mol. The Morgan fingerprint density at radius 1 is 1.23 bits per heavy atom. The van der Waals surface area contributed by atoms with E-state index in [1.54, 1.807) is 19.1 Å². The molecule has 0 unspecified atom stereocenters. The van der Waals surface area contributed by atoms with E-state index in [2.05, 4.69) is 10.2 Å². The smallest absolute Gasteiger partial charge is 0.291 e. The molecular formula is C16H17ClN2O3. The number of hydrogen-bond donors (Lipinski definition) is 1. The van der Waals surface area contributed by atoms with E-state index in [1.807, 2.05) is 18.2 Å². The lowest BCUT2D eigenvalue weighted by molar-refractivity contribution is 0.0995. The van der Waals surface area contributed by atoms with E-state index in [1.165, 1.54) is 0 Å². The molecule has 0 spiro atoms. The molecule has 5 nitrogen and oxygen atoms in total. The maximum atomic E-state index is 12.3. The van der Waals surface area contributed by atoms with Crippen LogP contribution in [0.4, 0.5) is 11.4 Å². The Hall–Kier alpha value is -1.98. The van der Waals surface area contributed by atoms with Gasteiger partial charge in [0.1, 0.15) is 5.76 Å². The number of anilines is 2. The topological polar surface area (TPSA) is 54.7 Å². The molecule has 2 heterocycles. The molecule has 1 aromatic carbocycles. The van der Waals surface area contributed by atoms with E-state index in [0.29, 0.717) is 29.7 Å². The fourth-order valence-corrected chi connectivity index (χ4v) is 2.76.